The van der Waals surface area contributed by atoms with Crippen molar-refractivity contribution in [1.29, 1.82) is 0 Å². The first-order valence-electron chi connectivity index (χ1n) is 37.0. The fourth-order valence-electron chi connectivity index (χ4n) is 12.6. The van der Waals surface area contributed by atoms with Gasteiger partial charge in [0.05, 0.1) is 0 Å². The van der Waals surface area contributed by atoms with Crippen LogP contribution in [0.2, 0.25) is 10.8 Å². The van der Waals surface area contributed by atoms with Gasteiger partial charge < -0.3 is 5.53 Å². The zero-order valence-electron chi connectivity index (χ0n) is 56.6. The Balaban J connectivity index is 0.000000573. The minimum absolute atomic E-state index is 0.911. The van der Waals surface area contributed by atoms with Crippen molar-refractivity contribution in [2.45, 2.75) is 406 Å². The van der Waals surface area contributed by atoms with Crippen LogP contribution in [-0.2, 0) is 40.1 Å². The first-order chi connectivity index (χ1) is 40.4. The van der Waals surface area contributed by atoms with E-state index in [1.54, 1.807) is 4.70 Å². The molecule has 82 heavy (non-hydrogen) atoms. The van der Waals surface area contributed by atoms with Crippen molar-refractivity contribution < 1.29 is 19.1 Å². The molecule has 3 rings (SSSR count). The van der Waals surface area contributed by atoms with Gasteiger partial charge in [-0.25, -0.2) is 4.70 Å². The second-order valence-electron chi connectivity index (χ2n) is 25.9. The van der Waals surface area contributed by atoms with Crippen molar-refractivity contribution in [3.8, 4) is 0 Å². The fourth-order valence-corrected chi connectivity index (χ4v) is 13.9. The number of aryl methyl sites for hydroxylation is 4. The molecule has 0 aliphatic carbocycles. The van der Waals surface area contributed by atoms with E-state index in [9.17, 15) is 5.53 Å². The predicted octanol–water partition coefficient (Wildman–Crippen LogP) is 28.2. The standard InChI is InChI=1S/C43H66N2.2C18H37.Ni/c1-7-12-16-18-20-22-26-37-28-35(24-14-9-3)30-39(31-37)42-34(6)41(11-5)43(45(42)44)40-32-36(25-15-10-4)29-38(33-40)27-23-21-19-17-13-8-2;2*1-3-5-7-9-11-13-15-17-18-16-14-12-10-8-6-4-2;/h28-33H,7-27H2,1-6H3;2*1,3-18H2,2H3;. The van der Waals surface area contributed by atoms with Crippen LogP contribution in [0.5, 0.6) is 0 Å². The van der Waals surface area contributed by atoms with Crippen LogP contribution in [-0.4, -0.2) is 4.70 Å². The van der Waals surface area contributed by atoms with Crippen LogP contribution < -0.4 is 0 Å². The molecule has 0 unspecified atom stereocenters. The van der Waals surface area contributed by atoms with Gasteiger partial charge in [-0.05, 0) is 111 Å². The topological polar surface area (TPSA) is 25.3 Å². The Bertz CT molecular complexity index is 1820. The summed E-state index contributed by atoms with van der Waals surface area (Å²) in [7, 11) is 0. The van der Waals surface area contributed by atoms with Gasteiger partial charge in [0, 0.05) is 22.3 Å². The molecule has 0 spiro atoms. The van der Waals surface area contributed by atoms with E-state index in [4.69, 9.17) is 0 Å². The van der Waals surface area contributed by atoms with E-state index in [0.717, 1.165) is 43.5 Å². The minimum Gasteiger partial charge on any atom is -0.493 e. The monoisotopic (exact) mass is 1180 g/mol. The molecule has 3 heteroatoms. The van der Waals surface area contributed by atoms with Crippen molar-refractivity contribution in [2.24, 2.45) is 0 Å². The van der Waals surface area contributed by atoms with E-state index in [0.29, 0.717) is 0 Å². The molecule has 0 fully saturated rings. The number of unbranched alkanes of at least 4 members (excludes halogenated alkanes) is 42. The Kier molecular flexibility index (Phi) is 51.6. The molecule has 0 amide bonds. The predicted molar refractivity (Wildman–Crippen MR) is 366 cm³/mol. The number of rotatable bonds is 57. The maximum absolute atomic E-state index is 12.1. The van der Waals surface area contributed by atoms with Crippen LogP contribution in [0.15, 0.2) is 47.5 Å². The van der Waals surface area contributed by atoms with Crippen molar-refractivity contribution >= 4 is 11.4 Å². The molecule has 1 aliphatic rings. The van der Waals surface area contributed by atoms with E-state index in [1.807, 2.05) is 14.4 Å². The summed E-state index contributed by atoms with van der Waals surface area (Å²) in [6.07, 6.45) is 73.2. The SMILES string of the molecule is CCCCCCCCCCCCCCCCC[CH2][Ni][CH2]CCCCCCCCCCCCCCCCC.CCCCCCCCc1cc(CCCC)cc(C2=C(C)C(CC)=C(c3cc(CCCC)cc(CCCCCCCC)c3)[N+]2=[N-])c1. The second kappa shape index (κ2) is 55.6. The van der Waals surface area contributed by atoms with E-state index in [-0.39, 0.29) is 0 Å². The molecule has 2 aromatic rings. The summed E-state index contributed by atoms with van der Waals surface area (Å²) in [6, 6.07) is 14.4. The summed E-state index contributed by atoms with van der Waals surface area (Å²) in [5.74, 6) is 0. The quantitative estimate of drug-likeness (QED) is 0.0358. The summed E-state index contributed by atoms with van der Waals surface area (Å²) < 4.78 is 1.56. The summed E-state index contributed by atoms with van der Waals surface area (Å²) in [6.45, 7) is 18.2. The van der Waals surface area contributed by atoms with Crippen LogP contribution in [0.25, 0.3) is 16.9 Å². The van der Waals surface area contributed by atoms with Crippen LogP contribution in [0, 0.1) is 0 Å². The molecule has 0 atom stereocenters. The maximum atomic E-state index is 12.1. The molecule has 1 aliphatic heterocycles. The van der Waals surface area contributed by atoms with Gasteiger partial charge in [0.1, 0.15) is 0 Å². The molecule has 2 nitrogen and oxygen atoms in total. The Hall–Kier alpha value is -1.99. The molecule has 0 radical (unpaired) electrons. The smallest absolute Gasteiger partial charge is 0.493 e. The Morgan fingerprint density at radius 2 is 0.512 bits per heavy atom. The molecular formula is C79H140N2Ni. The van der Waals surface area contributed by atoms with Crippen LogP contribution in [0.1, 0.15) is 403 Å². The Morgan fingerprint density at radius 1 is 0.280 bits per heavy atom. The summed E-state index contributed by atoms with van der Waals surface area (Å²) in [5, 5.41) is 2.87. The molecular weight excluding hydrogens is 1040 g/mol. The van der Waals surface area contributed by atoms with E-state index < -0.39 is 0 Å². The number of hydrogen-bond acceptors (Lipinski definition) is 0. The third kappa shape index (κ3) is 38.2. The average Bonchev–Trinajstić information content (AvgIpc) is 2.92. The van der Waals surface area contributed by atoms with Gasteiger partial charge >= 0.3 is 166 Å². The van der Waals surface area contributed by atoms with Gasteiger partial charge in [-0.1, -0.05) is 202 Å². The zero-order chi connectivity index (χ0) is 59.2. The van der Waals surface area contributed by atoms with Gasteiger partial charge in [-0.3, -0.25) is 0 Å². The zero-order valence-corrected chi connectivity index (χ0v) is 57.6. The number of allylic oxidation sites excluding steroid dienone is 2. The second-order valence-corrected chi connectivity index (χ2v) is 27.3. The van der Waals surface area contributed by atoms with Crippen molar-refractivity contribution in [2.75, 3.05) is 0 Å². The first kappa shape index (κ1) is 76.1. The van der Waals surface area contributed by atoms with E-state index >= 15 is 0 Å². The molecule has 0 aromatic heterocycles. The molecule has 1 heterocycles. The Morgan fingerprint density at radius 3 is 0.780 bits per heavy atom. The summed E-state index contributed by atoms with van der Waals surface area (Å²) in [5.41, 5.74) is 24.6. The number of nitrogens with zero attached hydrogens (tertiary/aromatic N) is 2. The molecule has 2 aromatic carbocycles. The average molecular weight is 1180 g/mol. The van der Waals surface area contributed by atoms with Crippen LogP contribution >= 0.6 is 0 Å². The normalized spacial score (nSPS) is 12.7. The van der Waals surface area contributed by atoms with E-state index in [2.05, 4.69) is 91.8 Å². The number of benzene rings is 2. The van der Waals surface area contributed by atoms with Crippen molar-refractivity contribution in [1.82, 2.24) is 0 Å². The van der Waals surface area contributed by atoms with Gasteiger partial charge in [0.25, 0.3) is 0 Å². The molecule has 0 bridgehead atoms. The third-order valence-electron chi connectivity index (χ3n) is 18.0. The third-order valence-corrected chi connectivity index (χ3v) is 19.3. The van der Waals surface area contributed by atoms with Gasteiger partial charge in [-0.15, -0.1) is 0 Å². The van der Waals surface area contributed by atoms with Crippen molar-refractivity contribution in [3.05, 3.63) is 86.5 Å². The fraction of sp³-hybridized carbons (Fsp3) is 0.797. The van der Waals surface area contributed by atoms with Gasteiger partial charge in [0.2, 0.25) is 11.4 Å². The number of hydrogen-bond donors (Lipinski definition) is 0. The molecule has 0 saturated carbocycles. The molecule has 476 valence electrons. The molecule has 0 saturated heterocycles. The van der Waals surface area contributed by atoms with Gasteiger partial charge in [0.15, 0.2) is 0 Å². The summed E-state index contributed by atoms with van der Waals surface area (Å²) in [4.78, 5) is 0. The van der Waals surface area contributed by atoms with Gasteiger partial charge in [-0.2, -0.15) is 0 Å². The van der Waals surface area contributed by atoms with E-state index in [1.165, 1.54) is 364 Å². The Labute approximate surface area is 520 Å². The van der Waals surface area contributed by atoms with Crippen LogP contribution in [0.3, 0.4) is 0 Å². The van der Waals surface area contributed by atoms with Crippen molar-refractivity contribution in [3.63, 3.8) is 0 Å². The summed E-state index contributed by atoms with van der Waals surface area (Å²) >= 11 is 2.04. The molecule has 0 N–H and O–H groups in total. The van der Waals surface area contributed by atoms with Crippen LogP contribution in [0.4, 0.5) is 0 Å². The first-order valence-corrected chi connectivity index (χ1v) is 38.4. The minimum atomic E-state index is 0.911.